The number of nitrogens with zero attached hydrogens (tertiary/aromatic N) is 1. The van der Waals surface area contributed by atoms with Crippen LogP contribution in [0.4, 0.5) is 0 Å². The minimum Gasteiger partial charge on any atom is -0.390 e. The molecule has 0 aromatic carbocycles. The Morgan fingerprint density at radius 3 is 2.67 bits per heavy atom. The van der Waals surface area contributed by atoms with Gasteiger partial charge in [-0.25, -0.2) is 0 Å². The van der Waals surface area contributed by atoms with E-state index in [2.05, 4.69) is 10.2 Å². The van der Waals surface area contributed by atoms with E-state index in [0.29, 0.717) is 12.6 Å². The standard InChI is InChI=1S/C10H20N2O2S/c13-10(7-11-9-1-2-9)8-12-3-5-15(14)6-4-12/h9-11,13H,1-8H2. The molecule has 5 heteroatoms. The van der Waals surface area contributed by atoms with E-state index < -0.39 is 10.8 Å². The van der Waals surface area contributed by atoms with Gasteiger partial charge in [-0.15, -0.1) is 0 Å². The molecule has 1 heterocycles. The van der Waals surface area contributed by atoms with Gasteiger partial charge in [0.05, 0.1) is 6.10 Å². The highest BCUT2D eigenvalue weighted by Crippen LogP contribution is 2.18. The highest BCUT2D eigenvalue weighted by atomic mass is 32.2. The van der Waals surface area contributed by atoms with E-state index in [1.165, 1.54) is 12.8 Å². The molecule has 1 saturated heterocycles. The van der Waals surface area contributed by atoms with Crippen molar-refractivity contribution in [3.05, 3.63) is 0 Å². The smallest absolute Gasteiger partial charge is 0.0791 e. The predicted octanol–water partition coefficient (Wildman–Crippen LogP) is -0.836. The van der Waals surface area contributed by atoms with Gasteiger partial charge in [-0.1, -0.05) is 0 Å². The maximum absolute atomic E-state index is 11.1. The molecule has 0 aromatic heterocycles. The third kappa shape index (κ3) is 4.18. The highest BCUT2D eigenvalue weighted by Gasteiger charge is 2.22. The Morgan fingerprint density at radius 2 is 2.07 bits per heavy atom. The van der Waals surface area contributed by atoms with Gasteiger partial charge in [-0.2, -0.15) is 0 Å². The lowest BCUT2D eigenvalue weighted by molar-refractivity contribution is 0.116. The zero-order valence-electron chi connectivity index (χ0n) is 9.02. The monoisotopic (exact) mass is 232 g/mol. The molecule has 0 spiro atoms. The first-order chi connectivity index (χ1) is 7.24. The maximum atomic E-state index is 11.1. The molecule has 2 fully saturated rings. The van der Waals surface area contributed by atoms with Crippen LogP contribution in [0.15, 0.2) is 0 Å². The number of rotatable bonds is 5. The van der Waals surface area contributed by atoms with Crippen LogP contribution in [0.5, 0.6) is 0 Å². The molecule has 15 heavy (non-hydrogen) atoms. The topological polar surface area (TPSA) is 52.6 Å². The van der Waals surface area contributed by atoms with Crippen molar-refractivity contribution in [3.8, 4) is 0 Å². The van der Waals surface area contributed by atoms with E-state index in [-0.39, 0.29) is 6.10 Å². The zero-order chi connectivity index (χ0) is 10.7. The van der Waals surface area contributed by atoms with Crippen LogP contribution in [0.1, 0.15) is 12.8 Å². The normalized spacial score (nSPS) is 26.7. The summed E-state index contributed by atoms with van der Waals surface area (Å²) in [4.78, 5) is 2.21. The lowest BCUT2D eigenvalue weighted by atomic mass is 10.3. The van der Waals surface area contributed by atoms with E-state index in [4.69, 9.17) is 0 Å². The molecular formula is C10H20N2O2S. The fraction of sp³-hybridized carbons (Fsp3) is 1.00. The second-order valence-corrected chi connectivity index (χ2v) is 6.18. The van der Waals surface area contributed by atoms with Crippen LogP contribution in [0.2, 0.25) is 0 Å². The van der Waals surface area contributed by atoms with Crippen molar-refractivity contribution in [2.45, 2.75) is 25.0 Å². The summed E-state index contributed by atoms with van der Waals surface area (Å²) in [5.74, 6) is 1.53. The number of β-amino-alcohol motifs (C(OH)–C–C–N with tert-alkyl or cyclic N) is 1. The summed E-state index contributed by atoms with van der Waals surface area (Å²) in [6, 6.07) is 0.661. The Bertz CT molecular complexity index is 223. The van der Waals surface area contributed by atoms with E-state index in [0.717, 1.165) is 31.1 Å². The molecule has 0 aromatic rings. The average molecular weight is 232 g/mol. The Balaban J connectivity index is 1.60. The summed E-state index contributed by atoms with van der Waals surface area (Å²) in [6.45, 7) is 3.15. The Morgan fingerprint density at radius 1 is 1.40 bits per heavy atom. The summed E-state index contributed by atoms with van der Waals surface area (Å²) in [5, 5.41) is 13.1. The van der Waals surface area contributed by atoms with Crippen LogP contribution < -0.4 is 5.32 Å². The largest absolute Gasteiger partial charge is 0.390 e. The summed E-state index contributed by atoms with van der Waals surface area (Å²) in [6.07, 6.45) is 2.24. The summed E-state index contributed by atoms with van der Waals surface area (Å²) < 4.78 is 11.1. The molecule has 0 bridgehead atoms. The van der Waals surface area contributed by atoms with Gasteiger partial charge in [-0.05, 0) is 12.8 Å². The minimum absolute atomic E-state index is 0.280. The molecule has 0 radical (unpaired) electrons. The third-order valence-corrected chi connectivity index (χ3v) is 4.23. The van der Waals surface area contributed by atoms with Gasteiger partial charge in [0.15, 0.2) is 0 Å². The number of nitrogens with one attached hydrogen (secondary N) is 1. The molecule has 4 nitrogen and oxygen atoms in total. The maximum Gasteiger partial charge on any atom is 0.0791 e. The van der Waals surface area contributed by atoms with Crippen molar-refractivity contribution >= 4 is 10.8 Å². The fourth-order valence-electron chi connectivity index (χ4n) is 1.81. The average Bonchev–Trinajstić information content (AvgIpc) is 3.02. The number of aliphatic hydroxyl groups excluding tert-OH is 1. The first-order valence-electron chi connectivity index (χ1n) is 5.73. The van der Waals surface area contributed by atoms with Crippen LogP contribution in [-0.2, 0) is 10.8 Å². The van der Waals surface area contributed by atoms with Crippen LogP contribution >= 0.6 is 0 Å². The minimum atomic E-state index is -0.616. The third-order valence-electron chi connectivity index (χ3n) is 2.96. The van der Waals surface area contributed by atoms with Crippen molar-refractivity contribution in [1.29, 1.82) is 0 Å². The Kier molecular flexibility index (Phi) is 4.13. The van der Waals surface area contributed by atoms with E-state index in [1.807, 2.05) is 0 Å². The van der Waals surface area contributed by atoms with E-state index >= 15 is 0 Å². The molecule has 1 atom stereocenters. The van der Waals surface area contributed by atoms with Gasteiger partial charge in [0, 0.05) is 54.5 Å². The Hall–Kier alpha value is 0.0300. The van der Waals surface area contributed by atoms with Gasteiger partial charge in [0.2, 0.25) is 0 Å². The lowest BCUT2D eigenvalue weighted by Gasteiger charge is -2.28. The number of hydrogen-bond donors (Lipinski definition) is 2. The lowest BCUT2D eigenvalue weighted by Crippen LogP contribution is -2.44. The molecule has 1 unspecified atom stereocenters. The molecule has 88 valence electrons. The van der Waals surface area contributed by atoms with Crippen molar-refractivity contribution in [1.82, 2.24) is 10.2 Å². The van der Waals surface area contributed by atoms with E-state index in [1.54, 1.807) is 0 Å². The molecule has 2 aliphatic rings. The van der Waals surface area contributed by atoms with Crippen molar-refractivity contribution in [2.24, 2.45) is 0 Å². The van der Waals surface area contributed by atoms with Crippen LogP contribution in [0.3, 0.4) is 0 Å². The second kappa shape index (κ2) is 5.39. The quantitative estimate of drug-likeness (QED) is 0.649. The first kappa shape index (κ1) is 11.5. The van der Waals surface area contributed by atoms with Crippen molar-refractivity contribution < 1.29 is 9.32 Å². The molecule has 2 rings (SSSR count). The Labute approximate surface area is 93.5 Å². The summed E-state index contributed by atoms with van der Waals surface area (Å²) >= 11 is 0. The molecule has 1 saturated carbocycles. The number of aliphatic hydroxyl groups is 1. The van der Waals surface area contributed by atoms with Crippen LogP contribution in [-0.4, -0.2) is 64.0 Å². The molecule has 1 aliphatic carbocycles. The SMILES string of the molecule is O=S1CCN(CC(O)CNC2CC2)CC1. The van der Waals surface area contributed by atoms with Crippen LogP contribution in [0, 0.1) is 0 Å². The predicted molar refractivity (Wildman–Crippen MR) is 61.3 cm³/mol. The number of hydrogen-bond acceptors (Lipinski definition) is 4. The van der Waals surface area contributed by atoms with Gasteiger partial charge in [0.1, 0.15) is 0 Å². The molecule has 1 aliphatic heterocycles. The highest BCUT2D eigenvalue weighted by molar-refractivity contribution is 7.85. The van der Waals surface area contributed by atoms with Crippen molar-refractivity contribution in [2.75, 3.05) is 37.7 Å². The van der Waals surface area contributed by atoms with Crippen LogP contribution in [0.25, 0.3) is 0 Å². The molecule has 0 amide bonds. The van der Waals surface area contributed by atoms with Crippen molar-refractivity contribution in [3.63, 3.8) is 0 Å². The van der Waals surface area contributed by atoms with Gasteiger partial charge >= 0.3 is 0 Å². The van der Waals surface area contributed by atoms with Gasteiger partial charge in [-0.3, -0.25) is 9.11 Å². The second-order valence-electron chi connectivity index (χ2n) is 4.49. The summed E-state index contributed by atoms with van der Waals surface area (Å²) in [5.41, 5.74) is 0. The molecular weight excluding hydrogens is 212 g/mol. The van der Waals surface area contributed by atoms with Gasteiger partial charge < -0.3 is 10.4 Å². The fourth-order valence-corrected chi connectivity index (χ4v) is 2.94. The van der Waals surface area contributed by atoms with E-state index in [9.17, 15) is 9.32 Å². The first-order valence-corrected chi connectivity index (χ1v) is 7.21. The summed E-state index contributed by atoms with van der Waals surface area (Å²) in [7, 11) is -0.616. The van der Waals surface area contributed by atoms with Gasteiger partial charge in [0.25, 0.3) is 0 Å². The zero-order valence-corrected chi connectivity index (χ0v) is 9.84. The molecule has 2 N–H and O–H groups in total.